The lowest BCUT2D eigenvalue weighted by Crippen LogP contribution is -2.61. The van der Waals surface area contributed by atoms with Crippen molar-refractivity contribution in [1.29, 1.82) is 0 Å². The molecule has 17 heavy (non-hydrogen) atoms. The Morgan fingerprint density at radius 3 is 2.12 bits per heavy atom. The molecule has 0 amide bonds. The fraction of sp³-hybridized carbons (Fsp3) is 1.00. The monoisotopic (exact) mass is 239 g/mol. The number of nitrogens with one attached hydrogen (secondary N) is 1. The number of rotatable bonds is 3. The maximum absolute atomic E-state index is 6.05. The first kappa shape index (κ1) is 13.3. The van der Waals surface area contributed by atoms with Gasteiger partial charge in [0, 0.05) is 25.2 Å². The second-order valence-corrected chi connectivity index (χ2v) is 6.81. The van der Waals surface area contributed by atoms with Gasteiger partial charge in [-0.05, 0) is 43.9 Å². The lowest BCUT2D eigenvalue weighted by Gasteiger charge is -2.46. The molecule has 2 fully saturated rings. The molecular formula is C14H29N3. The summed E-state index contributed by atoms with van der Waals surface area (Å²) < 4.78 is 0. The van der Waals surface area contributed by atoms with Crippen molar-refractivity contribution >= 4 is 0 Å². The van der Waals surface area contributed by atoms with Crippen molar-refractivity contribution in [2.75, 3.05) is 19.6 Å². The van der Waals surface area contributed by atoms with Gasteiger partial charge in [0.2, 0.25) is 0 Å². The van der Waals surface area contributed by atoms with Crippen LogP contribution in [0.25, 0.3) is 0 Å². The Kier molecular flexibility index (Phi) is 4.11. The number of hydrogen-bond acceptors (Lipinski definition) is 3. The van der Waals surface area contributed by atoms with Crippen LogP contribution in [0.3, 0.4) is 0 Å². The molecule has 0 bridgehead atoms. The van der Waals surface area contributed by atoms with Crippen LogP contribution in [0.1, 0.15) is 58.8 Å². The fourth-order valence-corrected chi connectivity index (χ4v) is 3.11. The van der Waals surface area contributed by atoms with E-state index in [1.165, 1.54) is 58.0 Å². The summed E-state index contributed by atoms with van der Waals surface area (Å²) in [5.41, 5.74) is 10.5. The molecule has 0 unspecified atom stereocenters. The summed E-state index contributed by atoms with van der Waals surface area (Å²) >= 11 is 0. The molecule has 2 rings (SSSR count). The first-order chi connectivity index (χ1) is 8.05. The van der Waals surface area contributed by atoms with Crippen LogP contribution in [0, 0.1) is 5.41 Å². The van der Waals surface area contributed by atoms with Crippen molar-refractivity contribution in [3.63, 3.8) is 0 Å². The summed E-state index contributed by atoms with van der Waals surface area (Å²) in [6, 6.07) is 0. The average molecular weight is 239 g/mol. The molecule has 3 N–H and O–H groups in total. The number of piperidine rings is 1. The van der Waals surface area contributed by atoms with Crippen LogP contribution in [0.2, 0.25) is 0 Å². The summed E-state index contributed by atoms with van der Waals surface area (Å²) in [6.07, 6.45) is 9.11. The lowest BCUT2D eigenvalue weighted by molar-refractivity contribution is 0.0376. The van der Waals surface area contributed by atoms with Gasteiger partial charge < -0.3 is 5.73 Å². The Hall–Kier alpha value is -0.120. The SMILES string of the molecule is CC1(C)CCC(CN)(NN2CCCCC2)CC1. The topological polar surface area (TPSA) is 41.3 Å². The highest BCUT2D eigenvalue weighted by Gasteiger charge is 2.38. The van der Waals surface area contributed by atoms with Gasteiger partial charge in [-0.15, -0.1) is 0 Å². The highest BCUT2D eigenvalue weighted by atomic mass is 15.5. The molecule has 3 heteroatoms. The second-order valence-electron chi connectivity index (χ2n) is 6.81. The normalized spacial score (nSPS) is 29.1. The third-order valence-electron chi connectivity index (χ3n) is 4.70. The summed E-state index contributed by atoms with van der Waals surface area (Å²) in [4.78, 5) is 0. The predicted octanol–water partition coefficient (Wildman–Crippen LogP) is 2.27. The van der Waals surface area contributed by atoms with Gasteiger partial charge in [-0.25, -0.2) is 10.4 Å². The van der Waals surface area contributed by atoms with E-state index >= 15 is 0 Å². The molecule has 0 radical (unpaired) electrons. The fourth-order valence-electron chi connectivity index (χ4n) is 3.11. The van der Waals surface area contributed by atoms with Crippen molar-refractivity contribution in [1.82, 2.24) is 10.4 Å². The largest absolute Gasteiger partial charge is 0.329 e. The molecule has 3 nitrogen and oxygen atoms in total. The third-order valence-corrected chi connectivity index (χ3v) is 4.70. The van der Waals surface area contributed by atoms with E-state index in [0.717, 1.165) is 6.54 Å². The van der Waals surface area contributed by atoms with E-state index in [1.807, 2.05) is 0 Å². The first-order valence-corrected chi connectivity index (χ1v) is 7.28. The number of nitrogens with zero attached hydrogens (tertiary/aromatic N) is 1. The summed E-state index contributed by atoms with van der Waals surface area (Å²) in [5, 5.41) is 2.43. The van der Waals surface area contributed by atoms with E-state index in [1.54, 1.807) is 0 Å². The molecular weight excluding hydrogens is 210 g/mol. The Balaban J connectivity index is 1.91. The van der Waals surface area contributed by atoms with Gasteiger partial charge in [-0.2, -0.15) is 0 Å². The zero-order valence-corrected chi connectivity index (χ0v) is 11.6. The molecule has 0 aromatic rings. The minimum atomic E-state index is 0.187. The van der Waals surface area contributed by atoms with Crippen LogP contribution in [-0.2, 0) is 0 Å². The van der Waals surface area contributed by atoms with Crippen LogP contribution in [0.15, 0.2) is 0 Å². The predicted molar refractivity (Wildman–Crippen MR) is 72.6 cm³/mol. The number of nitrogens with two attached hydrogens (primary N) is 1. The van der Waals surface area contributed by atoms with Gasteiger partial charge in [0.25, 0.3) is 0 Å². The summed E-state index contributed by atoms with van der Waals surface area (Å²) in [5.74, 6) is 0. The lowest BCUT2D eigenvalue weighted by atomic mass is 9.69. The quantitative estimate of drug-likeness (QED) is 0.794. The zero-order chi connectivity index (χ0) is 12.4. The van der Waals surface area contributed by atoms with Gasteiger partial charge in [0.1, 0.15) is 0 Å². The Labute approximate surface area is 106 Å². The molecule has 1 heterocycles. The van der Waals surface area contributed by atoms with E-state index in [9.17, 15) is 0 Å². The molecule has 0 spiro atoms. The van der Waals surface area contributed by atoms with Gasteiger partial charge in [-0.3, -0.25) is 0 Å². The molecule has 100 valence electrons. The Morgan fingerprint density at radius 1 is 1.00 bits per heavy atom. The first-order valence-electron chi connectivity index (χ1n) is 7.28. The minimum absolute atomic E-state index is 0.187. The number of hydrogen-bond donors (Lipinski definition) is 2. The number of hydrazine groups is 1. The van der Waals surface area contributed by atoms with Crippen molar-refractivity contribution in [3.05, 3.63) is 0 Å². The average Bonchev–Trinajstić information content (AvgIpc) is 2.34. The van der Waals surface area contributed by atoms with Crippen molar-refractivity contribution < 1.29 is 0 Å². The molecule has 0 aromatic heterocycles. The van der Waals surface area contributed by atoms with Crippen LogP contribution in [0.4, 0.5) is 0 Å². The summed E-state index contributed by atoms with van der Waals surface area (Å²) in [6.45, 7) is 7.94. The molecule has 0 aromatic carbocycles. The molecule has 1 saturated heterocycles. The van der Waals surface area contributed by atoms with Gasteiger partial charge in [0.05, 0.1) is 0 Å². The third kappa shape index (κ3) is 3.43. The standard InChI is InChI=1S/C14H29N3/c1-13(2)6-8-14(12-15,9-7-13)16-17-10-4-3-5-11-17/h16H,3-12,15H2,1-2H3. The maximum Gasteiger partial charge on any atom is 0.0448 e. The highest BCUT2D eigenvalue weighted by Crippen LogP contribution is 2.40. The summed E-state index contributed by atoms with van der Waals surface area (Å²) in [7, 11) is 0. The Bertz CT molecular complexity index is 234. The van der Waals surface area contributed by atoms with E-state index < -0.39 is 0 Å². The van der Waals surface area contributed by atoms with Crippen LogP contribution < -0.4 is 11.2 Å². The second kappa shape index (κ2) is 5.25. The molecule has 1 aliphatic carbocycles. The van der Waals surface area contributed by atoms with E-state index in [2.05, 4.69) is 24.3 Å². The van der Waals surface area contributed by atoms with Crippen molar-refractivity contribution in [3.8, 4) is 0 Å². The van der Waals surface area contributed by atoms with Crippen molar-refractivity contribution in [2.24, 2.45) is 11.1 Å². The van der Waals surface area contributed by atoms with Crippen molar-refractivity contribution in [2.45, 2.75) is 64.3 Å². The van der Waals surface area contributed by atoms with Crippen LogP contribution in [0.5, 0.6) is 0 Å². The van der Waals surface area contributed by atoms with E-state index in [4.69, 9.17) is 5.73 Å². The maximum atomic E-state index is 6.05. The van der Waals surface area contributed by atoms with E-state index in [0.29, 0.717) is 5.41 Å². The van der Waals surface area contributed by atoms with Crippen LogP contribution in [-0.4, -0.2) is 30.2 Å². The Morgan fingerprint density at radius 2 is 1.59 bits per heavy atom. The van der Waals surface area contributed by atoms with Gasteiger partial charge >= 0.3 is 0 Å². The molecule has 2 aliphatic rings. The zero-order valence-electron chi connectivity index (χ0n) is 11.6. The molecule has 0 atom stereocenters. The highest BCUT2D eigenvalue weighted by molar-refractivity contribution is 4.95. The smallest absolute Gasteiger partial charge is 0.0448 e. The van der Waals surface area contributed by atoms with Gasteiger partial charge in [0.15, 0.2) is 0 Å². The van der Waals surface area contributed by atoms with E-state index in [-0.39, 0.29) is 5.54 Å². The van der Waals surface area contributed by atoms with Crippen LogP contribution >= 0.6 is 0 Å². The van der Waals surface area contributed by atoms with Gasteiger partial charge in [-0.1, -0.05) is 20.3 Å². The molecule has 1 aliphatic heterocycles. The minimum Gasteiger partial charge on any atom is -0.329 e. The molecule has 1 saturated carbocycles.